The van der Waals surface area contributed by atoms with Gasteiger partial charge < -0.3 is 41.0 Å². The molecule has 4 aromatic heterocycles. The highest BCUT2D eigenvalue weighted by atomic mass is 16.2. The van der Waals surface area contributed by atoms with E-state index in [1.54, 1.807) is 34.6 Å². The summed E-state index contributed by atoms with van der Waals surface area (Å²) in [7, 11) is 0. The van der Waals surface area contributed by atoms with Crippen molar-refractivity contribution >= 4 is 57.6 Å². The van der Waals surface area contributed by atoms with Crippen LogP contribution in [0.1, 0.15) is 60.2 Å². The maximum absolute atomic E-state index is 12.1. The summed E-state index contributed by atoms with van der Waals surface area (Å²) < 4.78 is 0. The van der Waals surface area contributed by atoms with Crippen molar-refractivity contribution in [2.75, 3.05) is 49.9 Å². The SMILES string of the molecule is C=CC(=O)N1CCC[C@@H](Nc2cnc3[nH]cc(C(=O)NCC)c3n2)C1.C=CC(=O)N1CCC[C@H](Nc2cnc3[nH]cc(C(=O)NCC)c3n2)C1. The van der Waals surface area contributed by atoms with Crippen LogP contribution in [0.5, 0.6) is 0 Å². The van der Waals surface area contributed by atoms with Crippen LogP contribution >= 0.6 is 0 Å². The first-order valence-corrected chi connectivity index (χ1v) is 16.8. The first-order chi connectivity index (χ1) is 24.2. The molecule has 0 unspecified atom stereocenters. The molecule has 16 heteroatoms. The number of anilines is 2. The van der Waals surface area contributed by atoms with Gasteiger partial charge in [0.15, 0.2) is 11.3 Å². The van der Waals surface area contributed by atoms with Gasteiger partial charge in [0.05, 0.1) is 23.5 Å². The number of rotatable bonds is 10. The third kappa shape index (κ3) is 8.43. The number of aromatic amines is 2. The lowest BCUT2D eigenvalue weighted by atomic mass is 10.1. The molecule has 4 aromatic rings. The highest BCUT2D eigenvalue weighted by Crippen LogP contribution is 2.21. The average Bonchev–Trinajstić information content (AvgIpc) is 3.76. The maximum Gasteiger partial charge on any atom is 0.255 e. The van der Waals surface area contributed by atoms with E-state index in [-0.39, 0.29) is 35.7 Å². The molecule has 16 nitrogen and oxygen atoms in total. The Bertz CT molecular complexity index is 1730. The van der Waals surface area contributed by atoms with E-state index < -0.39 is 0 Å². The van der Waals surface area contributed by atoms with Crippen molar-refractivity contribution in [1.29, 1.82) is 0 Å². The number of hydrogen-bond donors (Lipinski definition) is 6. The van der Waals surface area contributed by atoms with Gasteiger partial charge in [-0.15, -0.1) is 0 Å². The Kier molecular flexibility index (Phi) is 11.7. The fraction of sp³-hybridized carbons (Fsp3) is 0.412. The van der Waals surface area contributed by atoms with Gasteiger partial charge in [0.25, 0.3) is 11.8 Å². The summed E-state index contributed by atoms with van der Waals surface area (Å²) in [6.45, 7) is 14.6. The largest absolute Gasteiger partial charge is 0.364 e. The zero-order valence-corrected chi connectivity index (χ0v) is 28.4. The van der Waals surface area contributed by atoms with Gasteiger partial charge in [-0.1, -0.05) is 13.2 Å². The lowest BCUT2D eigenvalue weighted by Crippen LogP contribution is -2.44. The van der Waals surface area contributed by atoms with E-state index in [0.717, 1.165) is 38.8 Å². The molecule has 2 atom stereocenters. The Morgan fingerprint density at radius 1 is 0.760 bits per heavy atom. The molecule has 0 saturated carbocycles. The molecule has 2 saturated heterocycles. The van der Waals surface area contributed by atoms with E-state index in [1.165, 1.54) is 12.2 Å². The number of piperidine rings is 2. The number of H-pyrrole nitrogens is 2. The van der Waals surface area contributed by atoms with Crippen molar-refractivity contribution in [3.8, 4) is 0 Å². The van der Waals surface area contributed by atoms with Crippen molar-refractivity contribution in [1.82, 2.24) is 50.3 Å². The molecule has 0 bridgehead atoms. The molecule has 264 valence electrons. The molecule has 6 N–H and O–H groups in total. The number of nitrogens with zero attached hydrogens (tertiary/aromatic N) is 6. The Labute approximate surface area is 289 Å². The first-order valence-electron chi connectivity index (χ1n) is 16.8. The van der Waals surface area contributed by atoms with Crippen LogP contribution in [0.2, 0.25) is 0 Å². The Balaban J connectivity index is 0.000000194. The predicted molar refractivity (Wildman–Crippen MR) is 191 cm³/mol. The summed E-state index contributed by atoms with van der Waals surface area (Å²) in [5, 5.41) is 12.2. The van der Waals surface area contributed by atoms with Gasteiger partial charge in [0.2, 0.25) is 11.8 Å². The van der Waals surface area contributed by atoms with Gasteiger partial charge in [0, 0.05) is 63.7 Å². The van der Waals surface area contributed by atoms with Crippen molar-refractivity contribution in [2.24, 2.45) is 0 Å². The van der Waals surface area contributed by atoms with E-state index in [0.29, 0.717) is 71.3 Å². The zero-order chi connectivity index (χ0) is 35.6. The van der Waals surface area contributed by atoms with Crippen LogP contribution in [-0.2, 0) is 9.59 Å². The lowest BCUT2D eigenvalue weighted by Gasteiger charge is -2.32. The number of likely N-dealkylation sites (tertiary alicyclic amines) is 2. The third-order valence-corrected chi connectivity index (χ3v) is 8.44. The minimum Gasteiger partial charge on any atom is -0.364 e. The first kappa shape index (κ1) is 35.5. The number of hydrogen-bond acceptors (Lipinski definition) is 10. The molecule has 0 aliphatic carbocycles. The van der Waals surface area contributed by atoms with Crippen molar-refractivity contribution in [2.45, 2.75) is 51.6 Å². The van der Waals surface area contributed by atoms with Gasteiger partial charge in [-0.05, 0) is 51.7 Å². The second-order valence-electron chi connectivity index (χ2n) is 12.0. The third-order valence-electron chi connectivity index (χ3n) is 8.44. The summed E-state index contributed by atoms with van der Waals surface area (Å²) in [6, 6.07) is 0.188. The van der Waals surface area contributed by atoms with E-state index in [4.69, 9.17) is 0 Å². The number of carbonyl (C=O) groups is 4. The maximum atomic E-state index is 12.1. The standard InChI is InChI=1S/2C17H22N6O2/c2*1-3-14(24)23-7-5-6-11(10-23)21-13-9-20-16-15(22-13)12(8-19-16)17(25)18-4-2/h2*3,8-9,11H,1,4-7,10H2,2H3,(H,18,25)(H,19,20)(H,21,22)/t2*11-/m10/s1. The van der Waals surface area contributed by atoms with Crippen molar-refractivity contribution < 1.29 is 19.2 Å². The zero-order valence-electron chi connectivity index (χ0n) is 28.4. The van der Waals surface area contributed by atoms with Crippen molar-refractivity contribution in [3.63, 3.8) is 0 Å². The normalized spacial score (nSPS) is 17.3. The predicted octanol–water partition coefficient (Wildman–Crippen LogP) is 2.59. The fourth-order valence-corrected chi connectivity index (χ4v) is 6.05. The van der Waals surface area contributed by atoms with E-state index in [9.17, 15) is 19.2 Å². The molecule has 50 heavy (non-hydrogen) atoms. The number of nitrogens with one attached hydrogen (secondary N) is 6. The molecule has 6 rings (SSSR count). The van der Waals surface area contributed by atoms with Gasteiger partial charge in [0.1, 0.15) is 22.7 Å². The van der Waals surface area contributed by atoms with E-state index in [1.807, 2.05) is 13.8 Å². The Hall–Kier alpha value is -5.80. The van der Waals surface area contributed by atoms with Crippen LogP contribution in [0.3, 0.4) is 0 Å². The van der Waals surface area contributed by atoms with Crippen LogP contribution in [0, 0.1) is 0 Å². The molecule has 6 heterocycles. The Morgan fingerprint density at radius 2 is 1.18 bits per heavy atom. The molecular formula is C34H44N12O4. The summed E-state index contributed by atoms with van der Waals surface area (Å²) in [5.74, 6) is 0.710. The topological polar surface area (TPSA) is 206 Å². The molecule has 0 radical (unpaired) electrons. The molecule has 2 aliphatic heterocycles. The molecule has 0 aromatic carbocycles. The highest BCUT2D eigenvalue weighted by molar-refractivity contribution is 6.05. The number of amides is 4. The smallest absolute Gasteiger partial charge is 0.255 e. The minimum atomic E-state index is -0.180. The summed E-state index contributed by atoms with van der Waals surface area (Å²) >= 11 is 0. The van der Waals surface area contributed by atoms with E-state index >= 15 is 0 Å². The second kappa shape index (κ2) is 16.5. The van der Waals surface area contributed by atoms with Gasteiger partial charge in [-0.25, -0.2) is 19.9 Å². The highest BCUT2D eigenvalue weighted by Gasteiger charge is 2.24. The van der Waals surface area contributed by atoms with Crippen LogP contribution < -0.4 is 21.3 Å². The van der Waals surface area contributed by atoms with Crippen LogP contribution in [0.25, 0.3) is 22.3 Å². The molecular weight excluding hydrogens is 640 g/mol. The average molecular weight is 685 g/mol. The number of aromatic nitrogens is 6. The van der Waals surface area contributed by atoms with E-state index in [2.05, 4.69) is 64.3 Å². The molecule has 2 aliphatic rings. The van der Waals surface area contributed by atoms with Crippen molar-refractivity contribution in [3.05, 3.63) is 61.2 Å². The number of carbonyl (C=O) groups excluding carboxylic acids is 4. The van der Waals surface area contributed by atoms with Crippen LogP contribution in [-0.4, -0.2) is 115 Å². The Morgan fingerprint density at radius 3 is 1.56 bits per heavy atom. The van der Waals surface area contributed by atoms with Gasteiger partial charge in [-0.2, -0.15) is 0 Å². The van der Waals surface area contributed by atoms with Crippen LogP contribution in [0.4, 0.5) is 11.6 Å². The lowest BCUT2D eigenvalue weighted by molar-refractivity contribution is -0.127. The summed E-state index contributed by atoms with van der Waals surface area (Å²) in [4.78, 5) is 75.0. The molecule has 2 fully saturated rings. The summed E-state index contributed by atoms with van der Waals surface area (Å²) in [5.41, 5.74) is 3.15. The quantitative estimate of drug-likeness (QED) is 0.135. The second-order valence-corrected chi connectivity index (χ2v) is 12.0. The minimum absolute atomic E-state index is 0.0582. The van der Waals surface area contributed by atoms with Gasteiger partial charge >= 0.3 is 0 Å². The monoisotopic (exact) mass is 684 g/mol. The molecule has 0 spiro atoms. The fourth-order valence-electron chi connectivity index (χ4n) is 6.05. The molecule has 4 amide bonds. The number of fused-ring (bicyclic) bond motifs is 2. The van der Waals surface area contributed by atoms with Crippen LogP contribution in [0.15, 0.2) is 50.1 Å². The van der Waals surface area contributed by atoms with Gasteiger partial charge in [-0.3, -0.25) is 19.2 Å². The summed E-state index contributed by atoms with van der Waals surface area (Å²) in [6.07, 6.45) is 12.9.